The van der Waals surface area contributed by atoms with Gasteiger partial charge in [-0.15, -0.1) is 0 Å². The van der Waals surface area contributed by atoms with E-state index in [1.165, 1.54) is 6.26 Å². The third-order valence-electron chi connectivity index (χ3n) is 5.88. The minimum atomic E-state index is -0.502. The molecule has 192 valence electrons. The minimum Gasteiger partial charge on any atom is -0.489 e. The third kappa shape index (κ3) is 6.45. The molecule has 0 unspecified atom stereocenters. The molecule has 0 fully saturated rings. The number of nitriles is 1. The summed E-state index contributed by atoms with van der Waals surface area (Å²) in [5.41, 5.74) is 3.86. The van der Waals surface area contributed by atoms with Crippen molar-refractivity contribution in [2.24, 2.45) is 0 Å². The number of rotatable bonds is 9. The van der Waals surface area contributed by atoms with E-state index in [2.05, 4.69) is 5.32 Å². The van der Waals surface area contributed by atoms with E-state index in [0.717, 1.165) is 16.8 Å². The molecule has 0 saturated heterocycles. The number of benzene rings is 3. The van der Waals surface area contributed by atoms with Gasteiger partial charge >= 0.3 is 0 Å². The Morgan fingerprint density at radius 3 is 2.49 bits per heavy atom. The first-order valence-corrected chi connectivity index (χ1v) is 12.5. The molecule has 1 N–H and O–H groups in total. The number of para-hydroxylation sites is 1. The van der Waals surface area contributed by atoms with Gasteiger partial charge in [0.2, 0.25) is 0 Å². The van der Waals surface area contributed by atoms with Gasteiger partial charge in [0.15, 0.2) is 0 Å². The van der Waals surface area contributed by atoms with E-state index in [9.17, 15) is 10.1 Å². The molecule has 8 heteroatoms. The average molecular weight is 535 g/mol. The number of nitrogens with one attached hydrogen (secondary N) is 1. The average Bonchev–Trinajstić information content (AvgIpc) is 3.65. The second-order valence-corrected chi connectivity index (χ2v) is 9.02. The number of hydrogen-bond donors (Lipinski definition) is 1. The second-order valence-electron chi connectivity index (χ2n) is 8.58. The van der Waals surface area contributed by atoms with Crippen molar-refractivity contribution < 1.29 is 13.9 Å². The number of furan rings is 1. The van der Waals surface area contributed by atoms with Crippen molar-refractivity contribution in [3.8, 4) is 28.8 Å². The maximum Gasteiger partial charge on any atom is 0.262 e. The van der Waals surface area contributed by atoms with E-state index in [-0.39, 0.29) is 12.1 Å². The maximum atomic E-state index is 12.8. The highest BCUT2D eigenvalue weighted by Gasteiger charge is 2.16. The Morgan fingerprint density at radius 1 is 1.03 bits per heavy atom. The number of carbonyl (C=O) groups excluding carboxylic acids is 1. The summed E-state index contributed by atoms with van der Waals surface area (Å²) in [6.07, 6.45) is 4.87. The van der Waals surface area contributed by atoms with Gasteiger partial charge in [-0.3, -0.25) is 4.79 Å². The number of amides is 1. The number of hydrogen-bond acceptors (Lipinski definition) is 5. The molecule has 0 radical (unpaired) electrons. The van der Waals surface area contributed by atoms with E-state index < -0.39 is 5.91 Å². The predicted octanol–water partition coefficient (Wildman–Crippen LogP) is 6.59. The second kappa shape index (κ2) is 12.0. The number of aromatic nitrogens is 2. The quantitative estimate of drug-likeness (QED) is 0.170. The van der Waals surface area contributed by atoms with E-state index in [1.54, 1.807) is 29.1 Å². The molecule has 2 heterocycles. The van der Waals surface area contributed by atoms with Gasteiger partial charge in [0, 0.05) is 22.3 Å². The van der Waals surface area contributed by atoms with Crippen LogP contribution in [0.5, 0.6) is 5.75 Å². The Hall–Kier alpha value is -5.06. The molecule has 0 atom stereocenters. The van der Waals surface area contributed by atoms with Crippen LogP contribution in [0.25, 0.3) is 23.0 Å². The van der Waals surface area contributed by atoms with Gasteiger partial charge in [-0.05, 0) is 72.3 Å². The molecule has 3 aromatic carbocycles. The smallest absolute Gasteiger partial charge is 0.262 e. The highest BCUT2D eigenvalue weighted by atomic mass is 35.5. The summed E-state index contributed by atoms with van der Waals surface area (Å²) in [5, 5.41) is 17.9. The van der Waals surface area contributed by atoms with Crippen molar-refractivity contribution >= 4 is 23.6 Å². The van der Waals surface area contributed by atoms with Crippen LogP contribution in [-0.2, 0) is 17.9 Å². The lowest BCUT2D eigenvalue weighted by atomic mass is 10.1. The summed E-state index contributed by atoms with van der Waals surface area (Å²) >= 11 is 5.96. The van der Waals surface area contributed by atoms with Gasteiger partial charge in [-0.25, -0.2) is 4.68 Å². The van der Waals surface area contributed by atoms with E-state index in [0.29, 0.717) is 34.4 Å². The van der Waals surface area contributed by atoms with Crippen LogP contribution < -0.4 is 10.1 Å². The third-order valence-corrected chi connectivity index (χ3v) is 6.13. The van der Waals surface area contributed by atoms with Gasteiger partial charge in [0.05, 0.1) is 24.2 Å². The molecule has 1 amide bonds. The molecule has 39 heavy (non-hydrogen) atoms. The number of nitrogens with zero attached hydrogens (tertiary/aromatic N) is 3. The van der Waals surface area contributed by atoms with Crippen LogP contribution in [0.2, 0.25) is 5.02 Å². The van der Waals surface area contributed by atoms with Gasteiger partial charge in [-0.1, -0.05) is 41.9 Å². The van der Waals surface area contributed by atoms with Crippen LogP contribution in [0, 0.1) is 11.3 Å². The van der Waals surface area contributed by atoms with Crippen molar-refractivity contribution in [1.82, 2.24) is 15.1 Å². The molecule has 0 aliphatic heterocycles. The lowest BCUT2D eigenvalue weighted by Crippen LogP contribution is -2.23. The first-order valence-electron chi connectivity index (χ1n) is 12.1. The van der Waals surface area contributed by atoms with Gasteiger partial charge in [0.25, 0.3) is 5.91 Å². The largest absolute Gasteiger partial charge is 0.489 e. The highest BCUT2D eigenvalue weighted by Crippen LogP contribution is 2.28. The molecule has 5 aromatic rings. The summed E-state index contributed by atoms with van der Waals surface area (Å²) in [6, 6.07) is 30.1. The topological polar surface area (TPSA) is 93.1 Å². The van der Waals surface area contributed by atoms with Crippen LogP contribution in [0.1, 0.15) is 16.9 Å². The van der Waals surface area contributed by atoms with Crippen LogP contribution >= 0.6 is 11.6 Å². The molecular formula is C31H23ClN4O3. The van der Waals surface area contributed by atoms with Crippen molar-refractivity contribution in [1.29, 1.82) is 5.26 Å². The normalized spacial score (nSPS) is 11.1. The summed E-state index contributed by atoms with van der Waals surface area (Å²) in [7, 11) is 0. The molecular weight excluding hydrogens is 512 g/mol. The molecule has 0 saturated carbocycles. The fourth-order valence-corrected chi connectivity index (χ4v) is 3.99. The molecule has 7 nitrogen and oxygen atoms in total. The van der Waals surface area contributed by atoms with Crippen LogP contribution in [0.4, 0.5) is 0 Å². The van der Waals surface area contributed by atoms with Crippen molar-refractivity contribution in [2.45, 2.75) is 13.2 Å². The molecule has 0 aliphatic carbocycles. The molecule has 0 bridgehead atoms. The number of carbonyl (C=O) groups is 1. The molecule has 0 aliphatic rings. The molecule has 0 spiro atoms. The molecule has 5 rings (SSSR count). The van der Waals surface area contributed by atoms with Crippen molar-refractivity contribution in [2.75, 3.05) is 0 Å². The fourth-order valence-electron chi connectivity index (χ4n) is 3.87. The Bertz CT molecular complexity index is 1620. The Morgan fingerprint density at radius 2 is 1.79 bits per heavy atom. The van der Waals surface area contributed by atoms with Gasteiger partial charge in [0.1, 0.15) is 29.8 Å². The molecule has 2 aromatic heterocycles. The highest BCUT2D eigenvalue weighted by molar-refractivity contribution is 6.30. The van der Waals surface area contributed by atoms with Gasteiger partial charge < -0.3 is 14.5 Å². The predicted molar refractivity (Wildman–Crippen MR) is 149 cm³/mol. The lowest BCUT2D eigenvalue weighted by molar-refractivity contribution is -0.117. The van der Waals surface area contributed by atoms with Crippen LogP contribution in [-0.4, -0.2) is 15.7 Å². The van der Waals surface area contributed by atoms with E-state index in [1.807, 2.05) is 84.9 Å². The van der Waals surface area contributed by atoms with Crippen LogP contribution in [0.3, 0.4) is 0 Å². The monoisotopic (exact) mass is 534 g/mol. The summed E-state index contributed by atoms with van der Waals surface area (Å²) < 4.78 is 12.9. The Balaban J connectivity index is 1.41. The van der Waals surface area contributed by atoms with Crippen molar-refractivity contribution in [3.63, 3.8) is 0 Å². The number of halogens is 1. The van der Waals surface area contributed by atoms with Crippen molar-refractivity contribution in [3.05, 3.63) is 131 Å². The minimum absolute atomic E-state index is 0.0432. The standard InChI is InChI=1S/C31H23ClN4O3/c32-26-12-8-22(9-13-26)21-39-28-14-10-23(11-15-28)30-25(20-36(35-30)27-5-2-1-3-6-27)17-24(18-33)31(37)34-19-29-7-4-16-38-29/h1-17,20H,19,21H2,(H,34,37)/b24-17+. The lowest BCUT2D eigenvalue weighted by Gasteiger charge is -2.07. The summed E-state index contributed by atoms with van der Waals surface area (Å²) in [4.78, 5) is 12.8. The summed E-state index contributed by atoms with van der Waals surface area (Å²) in [5.74, 6) is 0.790. The van der Waals surface area contributed by atoms with Crippen LogP contribution in [0.15, 0.2) is 113 Å². The van der Waals surface area contributed by atoms with E-state index >= 15 is 0 Å². The van der Waals surface area contributed by atoms with Gasteiger partial charge in [-0.2, -0.15) is 10.4 Å². The first kappa shape index (κ1) is 25.6. The zero-order valence-corrected chi connectivity index (χ0v) is 21.5. The van der Waals surface area contributed by atoms with E-state index in [4.69, 9.17) is 25.9 Å². The first-order chi connectivity index (χ1) is 19.1. The number of ether oxygens (including phenoxy) is 1. The maximum absolute atomic E-state index is 12.8. The fraction of sp³-hybridized carbons (Fsp3) is 0.0645. The summed E-state index contributed by atoms with van der Waals surface area (Å²) in [6.45, 7) is 0.588. The SMILES string of the molecule is N#C/C(=C\c1cn(-c2ccccc2)nc1-c1ccc(OCc2ccc(Cl)cc2)cc1)C(=O)NCc1ccco1. The zero-order valence-electron chi connectivity index (χ0n) is 20.8. The Labute approximate surface area is 230 Å². The Kier molecular flexibility index (Phi) is 7.87. The zero-order chi connectivity index (χ0) is 27.0.